The molecule has 1 amide bonds. The molecule has 0 aliphatic carbocycles. The van der Waals surface area contributed by atoms with Crippen molar-refractivity contribution in [3.63, 3.8) is 0 Å². The Morgan fingerprint density at radius 3 is 2.95 bits per heavy atom. The summed E-state index contributed by atoms with van der Waals surface area (Å²) in [6.45, 7) is 2.89. The number of hydrogen-bond donors (Lipinski definition) is 0. The maximum absolute atomic E-state index is 13.5. The number of benzene rings is 1. The van der Waals surface area contributed by atoms with Gasteiger partial charge in [0.2, 0.25) is 0 Å². The molecule has 1 atom stereocenters. The second kappa shape index (κ2) is 6.51. The molecule has 1 fully saturated rings. The minimum absolute atomic E-state index is 0.0554. The van der Waals surface area contributed by atoms with Gasteiger partial charge in [-0.1, -0.05) is 25.8 Å². The third kappa shape index (κ3) is 3.16. The van der Waals surface area contributed by atoms with Crippen molar-refractivity contribution in [1.29, 1.82) is 0 Å². The molecule has 0 radical (unpaired) electrons. The van der Waals surface area contributed by atoms with Crippen LogP contribution in [0.4, 0.5) is 4.39 Å². The number of hydrogen-bond acceptors (Lipinski definition) is 1. The summed E-state index contributed by atoms with van der Waals surface area (Å²) in [6, 6.07) is 4.92. The van der Waals surface area contributed by atoms with Crippen LogP contribution in [-0.4, -0.2) is 23.4 Å². The Morgan fingerprint density at radius 2 is 2.21 bits per heavy atom. The number of rotatable bonds is 2. The van der Waals surface area contributed by atoms with Gasteiger partial charge in [0.1, 0.15) is 5.82 Å². The standard InChI is InChI=1S/C15H19BrFNO/c1-2-11-7-4-3-5-10-18(11)15(19)12-8-6-9-13(17)14(12)16/h6,8-9,11H,2-5,7,10H2,1H3. The Labute approximate surface area is 122 Å². The summed E-state index contributed by atoms with van der Waals surface area (Å²) in [7, 11) is 0. The van der Waals surface area contributed by atoms with E-state index in [0.717, 1.165) is 25.8 Å². The molecule has 2 rings (SSSR count). The van der Waals surface area contributed by atoms with Gasteiger partial charge >= 0.3 is 0 Å². The molecule has 0 aromatic heterocycles. The predicted octanol–water partition coefficient (Wildman–Crippen LogP) is 4.38. The summed E-state index contributed by atoms with van der Waals surface area (Å²) in [6.07, 6.45) is 5.39. The van der Waals surface area contributed by atoms with E-state index in [1.54, 1.807) is 12.1 Å². The van der Waals surface area contributed by atoms with Gasteiger partial charge in [0.15, 0.2) is 0 Å². The quantitative estimate of drug-likeness (QED) is 0.789. The van der Waals surface area contributed by atoms with Crippen molar-refractivity contribution < 1.29 is 9.18 Å². The van der Waals surface area contributed by atoms with E-state index in [4.69, 9.17) is 0 Å². The molecular formula is C15H19BrFNO. The topological polar surface area (TPSA) is 20.3 Å². The lowest BCUT2D eigenvalue weighted by atomic mass is 10.1. The smallest absolute Gasteiger partial charge is 0.255 e. The third-order valence-electron chi connectivity index (χ3n) is 3.79. The van der Waals surface area contributed by atoms with E-state index in [1.807, 2.05) is 4.90 Å². The number of nitrogens with zero attached hydrogens (tertiary/aromatic N) is 1. The molecule has 1 aromatic carbocycles. The Balaban J connectivity index is 2.28. The zero-order valence-electron chi connectivity index (χ0n) is 11.2. The fraction of sp³-hybridized carbons (Fsp3) is 0.533. The van der Waals surface area contributed by atoms with Crippen LogP contribution in [0.25, 0.3) is 0 Å². The fourth-order valence-corrected chi connectivity index (χ4v) is 3.13. The lowest BCUT2D eigenvalue weighted by molar-refractivity contribution is 0.0676. The molecule has 0 N–H and O–H groups in total. The van der Waals surface area contributed by atoms with Gasteiger partial charge in [-0.2, -0.15) is 0 Å². The van der Waals surface area contributed by atoms with Gasteiger partial charge < -0.3 is 4.90 Å². The zero-order valence-corrected chi connectivity index (χ0v) is 12.7. The first kappa shape index (κ1) is 14.5. The normalized spacial score (nSPS) is 20.2. The third-order valence-corrected chi connectivity index (χ3v) is 4.60. The Morgan fingerprint density at radius 1 is 1.42 bits per heavy atom. The van der Waals surface area contributed by atoms with Gasteiger partial charge in [-0.3, -0.25) is 4.79 Å². The first-order chi connectivity index (χ1) is 9.15. The number of halogens is 2. The molecule has 104 valence electrons. The summed E-state index contributed by atoms with van der Waals surface area (Å²) in [5.74, 6) is -0.436. The molecule has 1 unspecified atom stereocenters. The van der Waals surface area contributed by atoms with Gasteiger partial charge in [0.25, 0.3) is 5.91 Å². The summed E-state index contributed by atoms with van der Waals surface area (Å²) in [5, 5.41) is 0. The Kier molecular flexibility index (Phi) is 4.97. The van der Waals surface area contributed by atoms with Crippen LogP contribution in [0, 0.1) is 5.82 Å². The number of carbonyl (C=O) groups is 1. The van der Waals surface area contributed by atoms with Crippen molar-refractivity contribution >= 4 is 21.8 Å². The van der Waals surface area contributed by atoms with Crippen molar-refractivity contribution in [2.24, 2.45) is 0 Å². The number of carbonyl (C=O) groups excluding carboxylic acids is 1. The maximum atomic E-state index is 13.5. The maximum Gasteiger partial charge on any atom is 0.255 e. The van der Waals surface area contributed by atoms with Crippen LogP contribution in [0.2, 0.25) is 0 Å². The van der Waals surface area contributed by atoms with Gasteiger partial charge in [-0.15, -0.1) is 0 Å². The van der Waals surface area contributed by atoms with Crippen LogP contribution in [-0.2, 0) is 0 Å². The highest BCUT2D eigenvalue weighted by Gasteiger charge is 2.26. The first-order valence-corrected chi connectivity index (χ1v) is 7.69. The van der Waals surface area contributed by atoms with Crippen molar-refractivity contribution in [3.05, 3.63) is 34.1 Å². The first-order valence-electron chi connectivity index (χ1n) is 6.90. The van der Waals surface area contributed by atoms with E-state index >= 15 is 0 Å². The highest BCUT2D eigenvalue weighted by molar-refractivity contribution is 9.10. The van der Waals surface area contributed by atoms with Crippen molar-refractivity contribution in [3.8, 4) is 0 Å². The molecule has 19 heavy (non-hydrogen) atoms. The summed E-state index contributed by atoms with van der Waals surface area (Å²) in [5.41, 5.74) is 0.431. The van der Waals surface area contributed by atoms with Gasteiger partial charge in [0, 0.05) is 12.6 Å². The molecule has 1 aliphatic rings. The molecule has 0 saturated carbocycles. The van der Waals surface area contributed by atoms with Gasteiger partial charge in [-0.05, 0) is 47.3 Å². The van der Waals surface area contributed by atoms with E-state index in [9.17, 15) is 9.18 Å². The molecule has 1 saturated heterocycles. The minimum atomic E-state index is -0.381. The van der Waals surface area contributed by atoms with E-state index in [1.165, 1.54) is 18.9 Å². The predicted molar refractivity (Wildman–Crippen MR) is 77.7 cm³/mol. The second-order valence-electron chi connectivity index (χ2n) is 5.01. The zero-order chi connectivity index (χ0) is 13.8. The van der Waals surface area contributed by atoms with Crippen LogP contribution < -0.4 is 0 Å². The van der Waals surface area contributed by atoms with Crippen LogP contribution in [0.3, 0.4) is 0 Å². The number of amides is 1. The van der Waals surface area contributed by atoms with Crippen LogP contribution in [0.1, 0.15) is 49.4 Å². The van der Waals surface area contributed by atoms with Crippen molar-refractivity contribution in [2.75, 3.05) is 6.54 Å². The summed E-state index contributed by atoms with van der Waals surface area (Å²) < 4.78 is 13.8. The fourth-order valence-electron chi connectivity index (χ4n) is 2.69. The number of likely N-dealkylation sites (tertiary alicyclic amines) is 1. The van der Waals surface area contributed by atoms with Crippen molar-refractivity contribution in [2.45, 2.75) is 45.1 Å². The molecule has 0 bridgehead atoms. The average molecular weight is 328 g/mol. The van der Waals surface area contributed by atoms with Crippen LogP contribution in [0.15, 0.2) is 22.7 Å². The Hall–Kier alpha value is -0.900. The minimum Gasteiger partial charge on any atom is -0.336 e. The highest BCUT2D eigenvalue weighted by atomic mass is 79.9. The second-order valence-corrected chi connectivity index (χ2v) is 5.80. The average Bonchev–Trinajstić information content (AvgIpc) is 2.66. The molecule has 0 spiro atoms. The van der Waals surface area contributed by atoms with Crippen molar-refractivity contribution in [1.82, 2.24) is 4.90 Å². The lowest BCUT2D eigenvalue weighted by Gasteiger charge is -2.29. The molecule has 1 aromatic rings. The lowest BCUT2D eigenvalue weighted by Crippen LogP contribution is -2.39. The monoisotopic (exact) mass is 327 g/mol. The van der Waals surface area contributed by atoms with Gasteiger partial charge in [0.05, 0.1) is 10.0 Å². The van der Waals surface area contributed by atoms with Gasteiger partial charge in [-0.25, -0.2) is 4.39 Å². The molecular weight excluding hydrogens is 309 g/mol. The Bertz CT molecular complexity index is 463. The highest BCUT2D eigenvalue weighted by Crippen LogP contribution is 2.26. The molecule has 1 heterocycles. The SMILES string of the molecule is CCC1CCCCCN1C(=O)c1cccc(F)c1Br. The largest absolute Gasteiger partial charge is 0.336 e. The van der Waals surface area contributed by atoms with Crippen LogP contribution >= 0.6 is 15.9 Å². The van der Waals surface area contributed by atoms with E-state index in [-0.39, 0.29) is 22.2 Å². The summed E-state index contributed by atoms with van der Waals surface area (Å²) >= 11 is 3.19. The van der Waals surface area contributed by atoms with E-state index < -0.39 is 0 Å². The molecule has 4 heteroatoms. The molecule has 1 aliphatic heterocycles. The van der Waals surface area contributed by atoms with E-state index in [0.29, 0.717) is 5.56 Å². The molecule has 2 nitrogen and oxygen atoms in total. The summed E-state index contributed by atoms with van der Waals surface area (Å²) in [4.78, 5) is 14.5. The van der Waals surface area contributed by atoms with Crippen LogP contribution in [0.5, 0.6) is 0 Å². The van der Waals surface area contributed by atoms with E-state index in [2.05, 4.69) is 22.9 Å².